The Bertz CT molecular complexity index is 1180. The summed E-state index contributed by atoms with van der Waals surface area (Å²) in [7, 11) is -1.91. The van der Waals surface area contributed by atoms with Crippen LogP contribution in [0.1, 0.15) is 141 Å². The van der Waals surface area contributed by atoms with E-state index in [0.29, 0.717) is 5.54 Å². The van der Waals surface area contributed by atoms with E-state index in [0.717, 1.165) is 0 Å². The molecule has 0 bridgehead atoms. The van der Waals surface area contributed by atoms with Crippen molar-refractivity contribution in [2.75, 3.05) is 0 Å². The molecule has 2 heteroatoms. The van der Waals surface area contributed by atoms with Crippen molar-refractivity contribution in [2.45, 2.75) is 148 Å². The molecule has 202 valence electrons. The van der Waals surface area contributed by atoms with Gasteiger partial charge in [-0.15, -0.1) is 0 Å². The molecule has 37 heavy (non-hydrogen) atoms. The van der Waals surface area contributed by atoms with Gasteiger partial charge in [0.25, 0.3) is 0 Å². The average molecular weight is 516 g/mol. The maximum atomic E-state index is 4.19. The van der Waals surface area contributed by atoms with E-state index in [9.17, 15) is 0 Å². The molecule has 5 rings (SSSR count). The quantitative estimate of drug-likeness (QED) is 0.392. The zero-order valence-corrected chi connectivity index (χ0v) is 27.2. The lowest BCUT2D eigenvalue weighted by Crippen LogP contribution is -2.58. The van der Waals surface area contributed by atoms with E-state index in [1.54, 1.807) is 33.4 Å². The molecule has 0 saturated heterocycles. The van der Waals surface area contributed by atoms with E-state index in [2.05, 4.69) is 119 Å². The van der Waals surface area contributed by atoms with Crippen LogP contribution in [0.3, 0.4) is 0 Å². The van der Waals surface area contributed by atoms with Gasteiger partial charge in [-0.05, 0) is 113 Å². The van der Waals surface area contributed by atoms with Gasteiger partial charge in [-0.25, -0.2) is 0 Å². The van der Waals surface area contributed by atoms with Crippen molar-refractivity contribution in [3.05, 3.63) is 57.6 Å². The number of hydrogen-bond donors (Lipinski definition) is 1. The second-order valence-corrected chi connectivity index (χ2v) is 21.3. The number of rotatable bonds is 2. The Morgan fingerprint density at radius 1 is 0.595 bits per heavy atom. The third-order valence-electron chi connectivity index (χ3n) is 10.4. The Labute approximate surface area is 229 Å². The summed E-state index contributed by atoms with van der Waals surface area (Å²) in [5.74, 6) is 0. The van der Waals surface area contributed by atoms with Gasteiger partial charge >= 0.3 is 0 Å². The maximum absolute atomic E-state index is 4.19. The molecule has 0 fully saturated rings. The summed E-state index contributed by atoms with van der Waals surface area (Å²) >= 11 is 0. The van der Waals surface area contributed by atoms with Crippen molar-refractivity contribution in [3.8, 4) is 11.1 Å². The smallest absolute Gasteiger partial charge is 0.131 e. The van der Waals surface area contributed by atoms with E-state index in [1.807, 2.05) is 0 Å². The number of nitrogens with one attached hydrogen (secondary N) is 1. The molecule has 0 atom stereocenters. The fourth-order valence-electron chi connectivity index (χ4n) is 8.19. The maximum Gasteiger partial charge on any atom is 0.131 e. The third kappa shape index (κ3) is 4.29. The predicted octanol–water partition coefficient (Wildman–Crippen LogP) is 9.63. The molecule has 0 unspecified atom stereocenters. The Balaban J connectivity index is 1.84. The van der Waals surface area contributed by atoms with Gasteiger partial charge in [0.05, 0.1) is 0 Å². The molecular formula is C35H53NSi. The molecule has 2 aromatic rings. The summed E-state index contributed by atoms with van der Waals surface area (Å²) in [4.78, 5) is 4.19. The zero-order chi connectivity index (χ0) is 27.6. The van der Waals surface area contributed by atoms with Crippen LogP contribution < -0.4 is 4.98 Å². The first-order valence-electron chi connectivity index (χ1n) is 14.8. The normalized spacial score (nSPS) is 23.2. The summed E-state index contributed by atoms with van der Waals surface area (Å²) < 4.78 is 0. The van der Waals surface area contributed by atoms with Crippen LogP contribution in [0.25, 0.3) is 11.1 Å². The summed E-state index contributed by atoms with van der Waals surface area (Å²) in [6, 6.07) is 10.7. The predicted molar refractivity (Wildman–Crippen MR) is 165 cm³/mol. The van der Waals surface area contributed by atoms with E-state index in [4.69, 9.17) is 0 Å². The summed E-state index contributed by atoms with van der Waals surface area (Å²) in [6.07, 6.45) is 5.06. The van der Waals surface area contributed by atoms with Crippen LogP contribution in [-0.2, 0) is 21.7 Å². The van der Waals surface area contributed by atoms with Crippen molar-refractivity contribution >= 4 is 8.24 Å². The highest BCUT2D eigenvalue weighted by Gasteiger charge is 2.47. The highest BCUT2D eigenvalue weighted by Crippen LogP contribution is 2.57. The molecule has 0 saturated carbocycles. The monoisotopic (exact) mass is 515 g/mol. The van der Waals surface area contributed by atoms with Gasteiger partial charge in [-0.2, -0.15) is 0 Å². The van der Waals surface area contributed by atoms with Gasteiger partial charge in [0, 0.05) is 11.1 Å². The first kappa shape index (κ1) is 27.2. The molecule has 0 heterocycles. The van der Waals surface area contributed by atoms with Gasteiger partial charge in [0.15, 0.2) is 0 Å². The lowest BCUT2D eigenvalue weighted by Gasteiger charge is -2.43. The van der Waals surface area contributed by atoms with Gasteiger partial charge in [0.1, 0.15) is 8.24 Å². The Kier molecular flexibility index (Phi) is 5.77. The molecule has 2 aromatic carbocycles. The molecule has 1 nitrogen and oxygen atoms in total. The number of fused-ring (bicyclic) bond motifs is 5. The molecule has 3 aliphatic carbocycles. The Hall–Kier alpha value is -1.38. The second-order valence-electron chi connectivity index (χ2n) is 17.0. The fourth-order valence-corrected chi connectivity index (χ4v) is 12.3. The van der Waals surface area contributed by atoms with Crippen LogP contribution in [0.5, 0.6) is 0 Å². The van der Waals surface area contributed by atoms with Crippen molar-refractivity contribution in [1.29, 1.82) is 0 Å². The van der Waals surface area contributed by atoms with Gasteiger partial charge < -0.3 is 4.98 Å². The molecule has 0 aliphatic heterocycles. The molecular weight excluding hydrogens is 462 g/mol. The van der Waals surface area contributed by atoms with Gasteiger partial charge in [0.2, 0.25) is 0 Å². The minimum absolute atomic E-state index is 0.101. The molecule has 0 amide bonds. The lowest BCUT2D eigenvalue weighted by molar-refractivity contribution is 0.331. The Morgan fingerprint density at radius 2 is 0.892 bits per heavy atom. The van der Waals surface area contributed by atoms with Gasteiger partial charge in [-0.1, -0.05) is 92.7 Å². The largest absolute Gasteiger partial charge is 0.332 e. The first-order valence-corrected chi connectivity index (χ1v) is 17.9. The number of hydrogen-bond acceptors (Lipinski definition) is 1. The molecule has 0 radical (unpaired) electrons. The second kappa shape index (κ2) is 7.84. The SMILES string of the molecule is CC(C)(C)N[Si](C)(C)C1c2cc3c(cc2-c2cc4c(cc21)C(C)(C)CCC4(C)C)C(C)(C)CCC3(C)C. The van der Waals surface area contributed by atoms with E-state index < -0.39 is 8.24 Å². The van der Waals surface area contributed by atoms with Gasteiger partial charge in [-0.3, -0.25) is 0 Å². The van der Waals surface area contributed by atoms with Crippen LogP contribution in [-0.4, -0.2) is 13.8 Å². The van der Waals surface area contributed by atoms with Crippen LogP contribution in [0, 0.1) is 0 Å². The lowest BCUT2D eigenvalue weighted by atomic mass is 9.62. The van der Waals surface area contributed by atoms with E-state index in [-0.39, 0.29) is 27.2 Å². The van der Waals surface area contributed by atoms with Crippen molar-refractivity contribution in [3.63, 3.8) is 0 Å². The molecule has 3 aliphatic rings. The van der Waals surface area contributed by atoms with Crippen molar-refractivity contribution in [2.24, 2.45) is 0 Å². The minimum atomic E-state index is -1.91. The summed E-state index contributed by atoms with van der Waals surface area (Å²) in [5.41, 5.74) is 14.1. The van der Waals surface area contributed by atoms with Crippen molar-refractivity contribution < 1.29 is 0 Å². The molecule has 1 N–H and O–H groups in total. The minimum Gasteiger partial charge on any atom is -0.332 e. The van der Waals surface area contributed by atoms with E-state index >= 15 is 0 Å². The number of benzene rings is 2. The third-order valence-corrected chi connectivity index (χ3v) is 13.8. The summed E-state index contributed by atoms with van der Waals surface area (Å²) in [5, 5.41) is 0. The van der Waals surface area contributed by atoms with Crippen LogP contribution in [0.2, 0.25) is 13.1 Å². The van der Waals surface area contributed by atoms with Crippen LogP contribution in [0.4, 0.5) is 0 Å². The molecule has 0 aromatic heterocycles. The van der Waals surface area contributed by atoms with Crippen LogP contribution in [0.15, 0.2) is 24.3 Å². The average Bonchev–Trinajstić information content (AvgIpc) is 3.05. The topological polar surface area (TPSA) is 12.0 Å². The van der Waals surface area contributed by atoms with Crippen LogP contribution >= 0.6 is 0 Å². The molecule has 0 spiro atoms. The standard InChI is InChI=1S/C35H53NSi/c1-31(2,3)36-37(12,13)30-24-20-28-26(32(4,5)14-16-34(28,8)9)18-22(24)23-19-27-29(21-25(23)30)35(10,11)17-15-33(27,6)7/h18-21,30,36H,14-17H2,1-13H3. The van der Waals surface area contributed by atoms with E-state index in [1.165, 1.54) is 36.8 Å². The zero-order valence-electron chi connectivity index (χ0n) is 26.2. The first-order chi connectivity index (χ1) is 16.7. The highest BCUT2D eigenvalue weighted by atomic mass is 28.3. The van der Waals surface area contributed by atoms with Crippen molar-refractivity contribution in [1.82, 2.24) is 4.98 Å². The fraction of sp³-hybridized carbons (Fsp3) is 0.657. The summed E-state index contributed by atoms with van der Waals surface area (Å²) in [6.45, 7) is 32.0. The highest BCUT2D eigenvalue weighted by molar-refractivity contribution is 6.77. The Morgan fingerprint density at radius 3 is 1.19 bits per heavy atom.